The van der Waals surface area contributed by atoms with E-state index in [1.54, 1.807) is 0 Å². The van der Waals surface area contributed by atoms with Crippen molar-refractivity contribution in [2.24, 2.45) is 5.92 Å². The molecule has 2 nitrogen and oxygen atoms in total. The highest BCUT2D eigenvalue weighted by atomic mass is 15.1. The van der Waals surface area contributed by atoms with Gasteiger partial charge in [-0.3, -0.25) is 4.90 Å². The van der Waals surface area contributed by atoms with Gasteiger partial charge in [-0.25, -0.2) is 0 Å². The Morgan fingerprint density at radius 1 is 1.33 bits per heavy atom. The lowest BCUT2D eigenvalue weighted by Crippen LogP contribution is -2.41. The van der Waals surface area contributed by atoms with Crippen LogP contribution < -0.4 is 0 Å². The van der Waals surface area contributed by atoms with Gasteiger partial charge in [-0.2, -0.15) is 0 Å². The third kappa shape index (κ3) is 1.27. The molecule has 1 aliphatic heterocycles. The standard InChI is InChI=1S/C16H18N2/c1-10-6-13-12-4-3-5-14-16(12)11(8-17-14)7-15(13)18(2)9-10/h3-6,8,10,15,17H,7,9H2,1-2H3/t10-,15+/m0/s1. The van der Waals surface area contributed by atoms with Crippen LogP contribution in [0.4, 0.5) is 0 Å². The van der Waals surface area contributed by atoms with Crippen molar-refractivity contribution in [3.63, 3.8) is 0 Å². The lowest BCUT2D eigenvalue weighted by molar-refractivity contribution is 0.252. The van der Waals surface area contributed by atoms with Crippen molar-refractivity contribution in [2.75, 3.05) is 13.6 Å². The van der Waals surface area contributed by atoms with Crippen LogP contribution in [0.25, 0.3) is 16.5 Å². The number of nitrogens with zero attached hydrogens (tertiary/aromatic N) is 1. The van der Waals surface area contributed by atoms with Gasteiger partial charge in [0.1, 0.15) is 0 Å². The van der Waals surface area contributed by atoms with Crippen molar-refractivity contribution in [1.82, 2.24) is 9.88 Å². The Balaban J connectivity index is 2.02. The second kappa shape index (κ2) is 3.48. The van der Waals surface area contributed by atoms with E-state index in [0.717, 1.165) is 6.42 Å². The molecule has 0 fully saturated rings. The van der Waals surface area contributed by atoms with Gasteiger partial charge < -0.3 is 4.98 Å². The van der Waals surface area contributed by atoms with Gasteiger partial charge in [0.25, 0.3) is 0 Å². The highest BCUT2D eigenvalue weighted by molar-refractivity contribution is 5.98. The lowest BCUT2D eigenvalue weighted by Gasteiger charge is -2.39. The molecule has 1 N–H and O–H groups in total. The van der Waals surface area contributed by atoms with Crippen molar-refractivity contribution in [1.29, 1.82) is 0 Å². The molecule has 1 aromatic heterocycles. The SMILES string of the molecule is C[C@H]1C=C2c3cccc4[nH]cc(c34)C[C@H]2N(C)C1. The topological polar surface area (TPSA) is 19.0 Å². The van der Waals surface area contributed by atoms with E-state index in [1.807, 2.05) is 0 Å². The summed E-state index contributed by atoms with van der Waals surface area (Å²) in [5.41, 5.74) is 5.74. The van der Waals surface area contributed by atoms with Crippen LogP contribution in [-0.2, 0) is 6.42 Å². The number of aromatic amines is 1. The Morgan fingerprint density at radius 2 is 2.22 bits per heavy atom. The van der Waals surface area contributed by atoms with Crippen LogP contribution in [0.3, 0.4) is 0 Å². The van der Waals surface area contributed by atoms with Crippen LogP contribution in [0.15, 0.2) is 30.5 Å². The first-order chi connectivity index (χ1) is 8.74. The average Bonchev–Trinajstić information content (AvgIpc) is 2.76. The maximum absolute atomic E-state index is 3.41. The largest absolute Gasteiger partial charge is 0.361 e. The summed E-state index contributed by atoms with van der Waals surface area (Å²) in [7, 11) is 2.26. The zero-order valence-electron chi connectivity index (χ0n) is 10.9. The van der Waals surface area contributed by atoms with Crippen LogP contribution in [0.5, 0.6) is 0 Å². The first-order valence-electron chi connectivity index (χ1n) is 6.75. The number of hydrogen-bond acceptors (Lipinski definition) is 1. The Bertz CT molecular complexity index is 650. The van der Waals surface area contributed by atoms with Crippen LogP contribution in [0.1, 0.15) is 18.1 Å². The maximum atomic E-state index is 3.41. The van der Waals surface area contributed by atoms with Gasteiger partial charge in [0.05, 0.1) is 0 Å². The number of hydrogen-bond donors (Lipinski definition) is 1. The van der Waals surface area contributed by atoms with Gasteiger partial charge in [-0.15, -0.1) is 0 Å². The van der Waals surface area contributed by atoms with Gasteiger partial charge in [0.2, 0.25) is 0 Å². The third-order valence-electron chi connectivity index (χ3n) is 4.44. The van der Waals surface area contributed by atoms with Crippen molar-refractivity contribution in [3.05, 3.63) is 41.6 Å². The second-order valence-corrected chi connectivity index (χ2v) is 5.80. The number of rotatable bonds is 0. The molecule has 0 amide bonds. The summed E-state index contributed by atoms with van der Waals surface area (Å²) in [6.45, 7) is 3.48. The van der Waals surface area contributed by atoms with Crippen molar-refractivity contribution >= 4 is 16.5 Å². The fraction of sp³-hybridized carbons (Fsp3) is 0.375. The molecule has 0 spiro atoms. The molecule has 92 valence electrons. The van der Waals surface area contributed by atoms with Crippen molar-refractivity contribution in [2.45, 2.75) is 19.4 Å². The molecule has 1 aliphatic carbocycles. The molecule has 0 unspecified atom stereocenters. The number of nitrogens with one attached hydrogen (secondary N) is 1. The van der Waals surface area contributed by atoms with E-state index >= 15 is 0 Å². The molecule has 18 heavy (non-hydrogen) atoms. The molecule has 2 atom stereocenters. The van der Waals surface area contributed by atoms with E-state index in [1.165, 1.54) is 34.1 Å². The normalized spacial score (nSPS) is 27.1. The number of H-pyrrole nitrogens is 1. The van der Waals surface area contributed by atoms with E-state index in [0.29, 0.717) is 12.0 Å². The van der Waals surface area contributed by atoms with Crippen LogP contribution in [0, 0.1) is 5.92 Å². The summed E-state index contributed by atoms with van der Waals surface area (Å²) in [6.07, 6.45) is 5.82. The van der Waals surface area contributed by atoms with E-state index in [-0.39, 0.29) is 0 Å². The molecule has 0 bridgehead atoms. The Kier molecular flexibility index (Phi) is 2.01. The van der Waals surface area contributed by atoms with Gasteiger partial charge in [0, 0.05) is 29.7 Å². The van der Waals surface area contributed by atoms with E-state index < -0.39 is 0 Å². The highest BCUT2D eigenvalue weighted by Gasteiger charge is 2.32. The molecule has 0 saturated carbocycles. The summed E-state index contributed by atoms with van der Waals surface area (Å²) in [5.74, 6) is 0.650. The summed E-state index contributed by atoms with van der Waals surface area (Å²) in [6, 6.07) is 7.19. The lowest BCUT2D eigenvalue weighted by atomic mass is 9.80. The Hall–Kier alpha value is -1.54. The number of aromatic nitrogens is 1. The molecule has 0 radical (unpaired) electrons. The quantitative estimate of drug-likeness (QED) is 0.747. The smallest absolute Gasteiger partial charge is 0.0462 e. The molecule has 2 heteroatoms. The first-order valence-corrected chi connectivity index (χ1v) is 6.75. The maximum Gasteiger partial charge on any atom is 0.0462 e. The summed E-state index contributed by atoms with van der Waals surface area (Å²) in [4.78, 5) is 5.92. The number of likely N-dealkylation sites (N-methyl/N-ethyl adjacent to an activating group) is 1. The molecular formula is C16H18N2. The van der Waals surface area contributed by atoms with Crippen molar-refractivity contribution in [3.8, 4) is 0 Å². The Morgan fingerprint density at radius 3 is 3.11 bits per heavy atom. The molecular weight excluding hydrogens is 220 g/mol. The van der Waals surface area contributed by atoms with Crippen LogP contribution in [-0.4, -0.2) is 29.5 Å². The first kappa shape index (κ1) is 10.4. The van der Waals surface area contributed by atoms with Crippen LogP contribution in [0.2, 0.25) is 0 Å². The minimum Gasteiger partial charge on any atom is -0.361 e. The second-order valence-electron chi connectivity index (χ2n) is 5.80. The molecule has 0 saturated heterocycles. The molecule has 4 rings (SSSR count). The van der Waals surface area contributed by atoms with E-state index in [4.69, 9.17) is 0 Å². The predicted molar refractivity (Wildman–Crippen MR) is 75.6 cm³/mol. The summed E-state index contributed by atoms with van der Waals surface area (Å²) >= 11 is 0. The van der Waals surface area contributed by atoms with Crippen LogP contribution >= 0.6 is 0 Å². The van der Waals surface area contributed by atoms with Gasteiger partial charge in [-0.1, -0.05) is 25.1 Å². The Labute approximate surface area is 107 Å². The third-order valence-corrected chi connectivity index (χ3v) is 4.44. The zero-order chi connectivity index (χ0) is 12.3. The minimum atomic E-state index is 0.565. The average molecular weight is 238 g/mol. The summed E-state index contributed by atoms with van der Waals surface area (Å²) < 4.78 is 0. The fourth-order valence-corrected chi connectivity index (χ4v) is 3.69. The predicted octanol–water partition coefficient (Wildman–Crippen LogP) is 3.06. The fourth-order valence-electron chi connectivity index (χ4n) is 3.69. The van der Waals surface area contributed by atoms with Crippen molar-refractivity contribution < 1.29 is 0 Å². The molecule has 2 aliphatic rings. The molecule has 2 heterocycles. The summed E-state index contributed by atoms with van der Waals surface area (Å²) in [5, 5.41) is 1.45. The van der Waals surface area contributed by atoms with E-state index in [9.17, 15) is 0 Å². The van der Waals surface area contributed by atoms with Gasteiger partial charge in [-0.05, 0) is 42.2 Å². The van der Waals surface area contributed by atoms with Gasteiger partial charge >= 0.3 is 0 Å². The molecule has 1 aromatic carbocycles. The molecule has 2 aromatic rings. The number of benzene rings is 1. The highest BCUT2D eigenvalue weighted by Crippen LogP contribution is 2.40. The monoisotopic (exact) mass is 238 g/mol. The number of fused-ring (bicyclic) bond motifs is 2. The zero-order valence-corrected chi connectivity index (χ0v) is 10.9. The van der Waals surface area contributed by atoms with Gasteiger partial charge in [0.15, 0.2) is 0 Å². The van der Waals surface area contributed by atoms with E-state index in [2.05, 4.69) is 54.3 Å². The minimum absolute atomic E-state index is 0.565.